The van der Waals surface area contributed by atoms with Crippen LogP contribution in [0.3, 0.4) is 0 Å². The number of carbonyl (C=O) groups is 1. The van der Waals surface area contributed by atoms with Crippen molar-refractivity contribution in [1.29, 1.82) is 0 Å². The van der Waals surface area contributed by atoms with E-state index < -0.39 is 12.0 Å². The van der Waals surface area contributed by atoms with Crippen molar-refractivity contribution in [3.8, 4) is 0 Å². The van der Waals surface area contributed by atoms with E-state index in [1.807, 2.05) is 0 Å². The molecule has 1 saturated heterocycles. The highest BCUT2D eigenvalue weighted by Gasteiger charge is 2.34. The molecule has 4 nitrogen and oxygen atoms in total. The van der Waals surface area contributed by atoms with Gasteiger partial charge in [0.1, 0.15) is 6.04 Å². The van der Waals surface area contributed by atoms with Gasteiger partial charge in [-0.3, -0.25) is 4.79 Å². The van der Waals surface area contributed by atoms with Crippen LogP contribution in [0, 0.1) is 5.92 Å². The fraction of sp³-hybridized carbons (Fsp3) is 0.900. The number of carboxylic acids is 1. The molecular weight excluding hydrogens is 182 g/mol. The summed E-state index contributed by atoms with van der Waals surface area (Å²) in [6.45, 7) is 1.38. The lowest BCUT2D eigenvalue weighted by atomic mass is 9.93. The molecule has 0 amide bonds. The molecule has 14 heavy (non-hydrogen) atoms. The van der Waals surface area contributed by atoms with Gasteiger partial charge in [0.2, 0.25) is 0 Å². The normalized spacial score (nSPS) is 29.9. The van der Waals surface area contributed by atoms with Gasteiger partial charge in [0.25, 0.3) is 0 Å². The summed E-state index contributed by atoms with van der Waals surface area (Å²) in [5.74, 6) is -0.575. The Morgan fingerprint density at radius 3 is 2.71 bits per heavy atom. The van der Waals surface area contributed by atoms with E-state index in [1.54, 1.807) is 0 Å². The number of nitrogens with one attached hydrogen (secondary N) is 1. The van der Waals surface area contributed by atoms with Gasteiger partial charge in [-0.05, 0) is 25.7 Å². The Morgan fingerprint density at radius 1 is 1.43 bits per heavy atom. The van der Waals surface area contributed by atoms with Gasteiger partial charge < -0.3 is 15.2 Å². The zero-order valence-electron chi connectivity index (χ0n) is 8.24. The minimum atomic E-state index is -0.729. The predicted octanol–water partition coefficient (Wildman–Crippen LogP) is 0.618. The lowest BCUT2D eigenvalue weighted by Gasteiger charge is -2.28. The first-order valence-electron chi connectivity index (χ1n) is 5.34. The van der Waals surface area contributed by atoms with E-state index >= 15 is 0 Å². The zero-order chi connectivity index (χ0) is 9.97. The molecule has 4 heteroatoms. The molecule has 2 fully saturated rings. The number of aliphatic carboxylic acids is 1. The quantitative estimate of drug-likeness (QED) is 0.696. The molecule has 1 heterocycles. The lowest BCUT2D eigenvalue weighted by Crippen LogP contribution is -2.46. The summed E-state index contributed by atoms with van der Waals surface area (Å²) in [7, 11) is 0. The minimum Gasteiger partial charge on any atom is -0.480 e. The number of hydrogen-bond acceptors (Lipinski definition) is 3. The third-order valence-corrected chi connectivity index (χ3v) is 2.93. The first-order valence-corrected chi connectivity index (χ1v) is 5.34. The monoisotopic (exact) mass is 199 g/mol. The van der Waals surface area contributed by atoms with Crippen LogP contribution in [0.15, 0.2) is 0 Å². The molecule has 80 valence electrons. The van der Waals surface area contributed by atoms with E-state index in [0.717, 1.165) is 32.3 Å². The minimum absolute atomic E-state index is 0.154. The van der Waals surface area contributed by atoms with Gasteiger partial charge in [-0.2, -0.15) is 0 Å². The molecule has 2 atom stereocenters. The molecular formula is C10H17NO3. The van der Waals surface area contributed by atoms with Crippen molar-refractivity contribution < 1.29 is 14.6 Å². The lowest BCUT2D eigenvalue weighted by molar-refractivity contribution is -0.142. The van der Waals surface area contributed by atoms with Crippen LogP contribution in [0.1, 0.15) is 25.7 Å². The van der Waals surface area contributed by atoms with Crippen LogP contribution >= 0.6 is 0 Å². The van der Waals surface area contributed by atoms with Gasteiger partial charge in [0, 0.05) is 18.6 Å². The summed E-state index contributed by atoms with van der Waals surface area (Å²) >= 11 is 0. The van der Waals surface area contributed by atoms with E-state index in [1.165, 1.54) is 0 Å². The van der Waals surface area contributed by atoms with Gasteiger partial charge >= 0.3 is 5.97 Å². The fourth-order valence-electron chi connectivity index (χ4n) is 1.94. The molecule has 0 aromatic carbocycles. The topological polar surface area (TPSA) is 58.6 Å². The molecule has 0 aromatic heterocycles. The summed E-state index contributed by atoms with van der Waals surface area (Å²) in [5.41, 5.74) is 0. The second kappa shape index (κ2) is 4.28. The highest BCUT2D eigenvalue weighted by molar-refractivity contribution is 5.74. The Hall–Kier alpha value is -0.610. The van der Waals surface area contributed by atoms with Crippen molar-refractivity contribution in [1.82, 2.24) is 5.32 Å². The first-order chi connectivity index (χ1) is 6.77. The predicted molar refractivity (Wildman–Crippen MR) is 51.1 cm³/mol. The molecule has 0 radical (unpaired) electrons. The molecule has 0 spiro atoms. The van der Waals surface area contributed by atoms with Gasteiger partial charge in [-0.25, -0.2) is 0 Å². The van der Waals surface area contributed by atoms with Crippen molar-refractivity contribution in [3.05, 3.63) is 0 Å². The second-order valence-electron chi connectivity index (χ2n) is 4.23. The standard InChI is InChI=1S/C10H17NO3/c12-10(13)9(11-8-3-4-8)7-2-1-5-14-6-7/h7-9,11H,1-6H2,(H,12,13). The Morgan fingerprint density at radius 2 is 2.21 bits per heavy atom. The summed E-state index contributed by atoms with van der Waals surface area (Å²) in [4.78, 5) is 11.0. The smallest absolute Gasteiger partial charge is 0.321 e. The third-order valence-electron chi connectivity index (χ3n) is 2.93. The van der Waals surface area contributed by atoms with Crippen molar-refractivity contribution in [2.75, 3.05) is 13.2 Å². The van der Waals surface area contributed by atoms with Gasteiger partial charge in [-0.15, -0.1) is 0 Å². The largest absolute Gasteiger partial charge is 0.480 e. The van der Waals surface area contributed by atoms with Crippen LogP contribution in [-0.4, -0.2) is 36.4 Å². The summed E-state index contributed by atoms with van der Waals surface area (Å²) in [6.07, 6.45) is 4.20. The van der Waals surface area contributed by atoms with Crippen LogP contribution in [-0.2, 0) is 9.53 Å². The Bertz CT molecular complexity index is 209. The summed E-state index contributed by atoms with van der Waals surface area (Å²) in [5, 5.41) is 12.3. The van der Waals surface area contributed by atoms with Crippen molar-refractivity contribution in [2.45, 2.75) is 37.8 Å². The molecule has 2 rings (SSSR count). The van der Waals surface area contributed by atoms with Crippen LogP contribution in [0.2, 0.25) is 0 Å². The van der Waals surface area contributed by atoms with Crippen molar-refractivity contribution >= 4 is 5.97 Å². The van der Waals surface area contributed by atoms with Crippen LogP contribution in [0.25, 0.3) is 0 Å². The van der Waals surface area contributed by atoms with Gasteiger partial charge in [0.15, 0.2) is 0 Å². The Labute approximate surface area is 83.6 Å². The van der Waals surface area contributed by atoms with E-state index in [4.69, 9.17) is 9.84 Å². The maximum atomic E-state index is 11.0. The maximum absolute atomic E-state index is 11.0. The van der Waals surface area contributed by atoms with Crippen LogP contribution < -0.4 is 5.32 Å². The Kier molecular flexibility index (Phi) is 3.03. The third kappa shape index (κ3) is 2.45. The summed E-state index contributed by atoms with van der Waals surface area (Å²) < 4.78 is 5.31. The molecule has 1 aliphatic heterocycles. The van der Waals surface area contributed by atoms with Gasteiger partial charge in [0.05, 0.1) is 6.61 Å². The number of carboxylic acid groups (broad SMARTS) is 1. The molecule has 0 aromatic rings. The van der Waals surface area contributed by atoms with Gasteiger partial charge in [-0.1, -0.05) is 0 Å². The second-order valence-corrected chi connectivity index (χ2v) is 4.23. The molecule has 1 aliphatic carbocycles. The molecule has 2 aliphatic rings. The molecule has 2 unspecified atom stereocenters. The van der Waals surface area contributed by atoms with E-state index in [2.05, 4.69) is 5.32 Å². The maximum Gasteiger partial charge on any atom is 0.321 e. The number of rotatable bonds is 4. The average Bonchev–Trinajstić information content (AvgIpc) is 2.99. The molecule has 0 bridgehead atoms. The Balaban J connectivity index is 1.89. The SMILES string of the molecule is O=C(O)C(NC1CC1)C1CCCOC1. The average molecular weight is 199 g/mol. The van der Waals surface area contributed by atoms with E-state index in [9.17, 15) is 4.79 Å². The fourth-order valence-corrected chi connectivity index (χ4v) is 1.94. The highest BCUT2D eigenvalue weighted by Crippen LogP contribution is 2.24. The van der Waals surface area contributed by atoms with E-state index in [0.29, 0.717) is 12.6 Å². The zero-order valence-corrected chi connectivity index (χ0v) is 8.24. The van der Waals surface area contributed by atoms with Crippen LogP contribution in [0.5, 0.6) is 0 Å². The number of hydrogen-bond donors (Lipinski definition) is 2. The van der Waals surface area contributed by atoms with E-state index in [-0.39, 0.29) is 5.92 Å². The number of ether oxygens (including phenoxy) is 1. The van der Waals surface area contributed by atoms with Crippen molar-refractivity contribution in [2.24, 2.45) is 5.92 Å². The highest BCUT2D eigenvalue weighted by atomic mass is 16.5. The molecule has 1 saturated carbocycles. The summed E-state index contributed by atoms with van der Waals surface area (Å²) in [6, 6.07) is 0.0424. The van der Waals surface area contributed by atoms with Crippen LogP contribution in [0.4, 0.5) is 0 Å². The molecule has 2 N–H and O–H groups in total. The first kappa shape index (κ1) is 9.93. The van der Waals surface area contributed by atoms with Crippen molar-refractivity contribution in [3.63, 3.8) is 0 Å².